The van der Waals surface area contributed by atoms with Crippen LogP contribution in [0, 0.1) is 5.92 Å². The van der Waals surface area contributed by atoms with Gasteiger partial charge in [0.2, 0.25) is 0 Å². The number of morpholine rings is 1. The highest BCUT2D eigenvalue weighted by Gasteiger charge is 2.54. The van der Waals surface area contributed by atoms with Crippen LogP contribution >= 0.6 is 0 Å². The van der Waals surface area contributed by atoms with Gasteiger partial charge in [-0.15, -0.1) is 0 Å². The predicted octanol–water partition coefficient (Wildman–Crippen LogP) is 1.08. The highest BCUT2D eigenvalue weighted by Crippen LogP contribution is 2.42. The second-order valence-corrected chi connectivity index (χ2v) is 6.92. The molecule has 0 aromatic rings. The SMILES string of the molecule is C[C@@H]1CN(CC(NC2CC2)(C(=O)O)C2CC2)C[C@H](C)O1. The van der Waals surface area contributed by atoms with E-state index in [2.05, 4.69) is 24.1 Å². The van der Waals surface area contributed by atoms with E-state index < -0.39 is 11.5 Å². The summed E-state index contributed by atoms with van der Waals surface area (Å²) in [5.41, 5.74) is -0.738. The van der Waals surface area contributed by atoms with Crippen LogP contribution in [-0.4, -0.2) is 59.4 Å². The Bertz CT molecular complexity index is 371. The molecule has 2 aliphatic carbocycles. The molecule has 1 aliphatic heterocycles. The van der Waals surface area contributed by atoms with Crippen LogP contribution in [0.3, 0.4) is 0 Å². The molecule has 2 N–H and O–H groups in total. The Hall–Kier alpha value is -0.650. The van der Waals surface area contributed by atoms with E-state index in [0.29, 0.717) is 18.5 Å². The lowest BCUT2D eigenvalue weighted by atomic mass is 9.91. The van der Waals surface area contributed by atoms with Crippen molar-refractivity contribution < 1.29 is 14.6 Å². The molecule has 1 saturated heterocycles. The minimum Gasteiger partial charge on any atom is -0.480 e. The molecule has 3 atom stereocenters. The quantitative estimate of drug-likeness (QED) is 0.763. The summed E-state index contributed by atoms with van der Waals surface area (Å²) in [4.78, 5) is 14.3. The number of hydrogen-bond acceptors (Lipinski definition) is 4. The second-order valence-electron chi connectivity index (χ2n) is 6.92. The number of rotatable bonds is 6. The largest absolute Gasteiger partial charge is 0.480 e. The maximum absolute atomic E-state index is 12.0. The van der Waals surface area contributed by atoms with Crippen LogP contribution in [0.5, 0.6) is 0 Å². The minimum atomic E-state index is -0.738. The first-order chi connectivity index (χ1) is 9.49. The van der Waals surface area contributed by atoms with E-state index >= 15 is 0 Å². The summed E-state index contributed by atoms with van der Waals surface area (Å²) >= 11 is 0. The fourth-order valence-electron chi connectivity index (χ4n) is 3.53. The molecule has 3 fully saturated rings. The molecular weight excluding hydrogens is 256 g/mol. The normalized spacial score (nSPS) is 34.7. The summed E-state index contributed by atoms with van der Waals surface area (Å²) in [5.74, 6) is -0.368. The van der Waals surface area contributed by atoms with E-state index in [1.807, 2.05) is 0 Å². The van der Waals surface area contributed by atoms with Crippen molar-refractivity contribution in [2.75, 3.05) is 19.6 Å². The lowest BCUT2D eigenvalue weighted by molar-refractivity contribution is -0.149. The van der Waals surface area contributed by atoms with Gasteiger partial charge < -0.3 is 9.84 Å². The number of nitrogens with zero attached hydrogens (tertiary/aromatic N) is 1. The van der Waals surface area contributed by atoms with Crippen LogP contribution < -0.4 is 5.32 Å². The lowest BCUT2D eigenvalue weighted by Gasteiger charge is -2.41. The van der Waals surface area contributed by atoms with Crippen LogP contribution in [0.15, 0.2) is 0 Å². The number of carboxylic acids is 1. The van der Waals surface area contributed by atoms with E-state index in [9.17, 15) is 9.90 Å². The van der Waals surface area contributed by atoms with Gasteiger partial charge in [0.15, 0.2) is 0 Å². The van der Waals surface area contributed by atoms with Crippen molar-refractivity contribution in [3.05, 3.63) is 0 Å². The molecule has 0 aromatic carbocycles. The summed E-state index contributed by atoms with van der Waals surface area (Å²) in [7, 11) is 0. The van der Waals surface area contributed by atoms with Gasteiger partial charge in [-0.2, -0.15) is 0 Å². The highest BCUT2D eigenvalue weighted by molar-refractivity contribution is 5.80. The van der Waals surface area contributed by atoms with Crippen molar-refractivity contribution in [2.45, 2.75) is 63.3 Å². The third-order valence-electron chi connectivity index (χ3n) is 4.66. The molecule has 0 aromatic heterocycles. The van der Waals surface area contributed by atoms with E-state index in [4.69, 9.17) is 4.74 Å². The number of nitrogens with one attached hydrogen (secondary N) is 1. The number of hydrogen-bond donors (Lipinski definition) is 2. The average molecular weight is 282 g/mol. The van der Waals surface area contributed by atoms with Crippen molar-refractivity contribution in [2.24, 2.45) is 5.92 Å². The zero-order chi connectivity index (χ0) is 14.3. The van der Waals surface area contributed by atoms with Gasteiger partial charge in [0.05, 0.1) is 12.2 Å². The van der Waals surface area contributed by atoms with Gasteiger partial charge in [-0.05, 0) is 45.4 Å². The molecular formula is C15H26N2O3. The Kier molecular flexibility index (Phi) is 3.77. The highest BCUT2D eigenvalue weighted by atomic mass is 16.5. The van der Waals surface area contributed by atoms with Crippen LogP contribution in [-0.2, 0) is 9.53 Å². The number of carbonyl (C=O) groups is 1. The molecule has 0 spiro atoms. The monoisotopic (exact) mass is 282 g/mol. The summed E-state index contributed by atoms with van der Waals surface area (Å²) in [6.45, 7) is 6.41. The maximum Gasteiger partial charge on any atom is 0.325 e. The van der Waals surface area contributed by atoms with Crippen LogP contribution in [0.2, 0.25) is 0 Å². The zero-order valence-corrected chi connectivity index (χ0v) is 12.5. The first-order valence-corrected chi connectivity index (χ1v) is 7.88. The van der Waals surface area contributed by atoms with Gasteiger partial charge >= 0.3 is 5.97 Å². The summed E-state index contributed by atoms with van der Waals surface area (Å²) in [6, 6.07) is 0.419. The Labute approximate surface area is 120 Å². The summed E-state index contributed by atoms with van der Waals surface area (Å²) < 4.78 is 5.75. The van der Waals surface area contributed by atoms with E-state index in [1.165, 1.54) is 0 Å². The molecule has 114 valence electrons. The summed E-state index contributed by atoms with van der Waals surface area (Å²) in [6.07, 6.45) is 4.70. The third kappa shape index (κ3) is 3.00. The number of carboxylic acid groups (broad SMARTS) is 1. The Morgan fingerprint density at radius 1 is 1.25 bits per heavy atom. The smallest absolute Gasteiger partial charge is 0.325 e. The second kappa shape index (κ2) is 5.28. The maximum atomic E-state index is 12.0. The Morgan fingerprint density at radius 3 is 2.30 bits per heavy atom. The first kappa shape index (κ1) is 14.3. The van der Waals surface area contributed by atoms with Crippen molar-refractivity contribution in [3.63, 3.8) is 0 Å². The van der Waals surface area contributed by atoms with Crippen LogP contribution in [0.25, 0.3) is 0 Å². The molecule has 5 nitrogen and oxygen atoms in total. The van der Waals surface area contributed by atoms with E-state index in [0.717, 1.165) is 38.8 Å². The molecule has 3 rings (SSSR count). The zero-order valence-electron chi connectivity index (χ0n) is 12.5. The Balaban J connectivity index is 1.73. The van der Waals surface area contributed by atoms with Crippen molar-refractivity contribution in [1.29, 1.82) is 0 Å². The molecule has 3 aliphatic rings. The number of aliphatic carboxylic acids is 1. The van der Waals surface area contributed by atoms with Gasteiger partial charge in [-0.1, -0.05) is 0 Å². The lowest BCUT2D eigenvalue weighted by Crippen LogP contribution is -2.63. The van der Waals surface area contributed by atoms with E-state index in [-0.39, 0.29) is 12.2 Å². The molecule has 20 heavy (non-hydrogen) atoms. The van der Waals surface area contributed by atoms with Crippen LogP contribution in [0.4, 0.5) is 0 Å². The van der Waals surface area contributed by atoms with Gasteiger partial charge in [0, 0.05) is 25.7 Å². The van der Waals surface area contributed by atoms with Gasteiger partial charge in [0.25, 0.3) is 0 Å². The third-order valence-corrected chi connectivity index (χ3v) is 4.66. The van der Waals surface area contributed by atoms with Crippen molar-refractivity contribution in [1.82, 2.24) is 10.2 Å². The topological polar surface area (TPSA) is 61.8 Å². The molecule has 0 radical (unpaired) electrons. The molecule has 1 heterocycles. The minimum absolute atomic E-state index is 0.186. The number of ether oxygens (including phenoxy) is 1. The Morgan fingerprint density at radius 2 is 1.85 bits per heavy atom. The molecule has 2 saturated carbocycles. The molecule has 0 bridgehead atoms. The molecule has 1 unspecified atom stereocenters. The van der Waals surface area contributed by atoms with Crippen molar-refractivity contribution in [3.8, 4) is 0 Å². The molecule has 5 heteroatoms. The summed E-state index contributed by atoms with van der Waals surface area (Å²) in [5, 5.41) is 13.3. The van der Waals surface area contributed by atoms with Gasteiger partial charge in [-0.25, -0.2) is 0 Å². The first-order valence-electron chi connectivity index (χ1n) is 7.88. The standard InChI is InChI=1S/C15H26N2O3/c1-10-7-17(8-11(2)20-10)9-15(14(18)19,12-3-4-12)16-13-5-6-13/h10-13,16H,3-9H2,1-2H3,(H,18,19)/t10-,11+,15?. The van der Waals surface area contributed by atoms with Gasteiger partial charge in [0.1, 0.15) is 5.54 Å². The van der Waals surface area contributed by atoms with Crippen LogP contribution in [0.1, 0.15) is 39.5 Å². The molecule has 0 amide bonds. The van der Waals surface area contributed by atoms with E-state index in [1.54, 1.807) is 0 Å². The predicted molar refractivity (Wildman–Crippen MR) is 75.7 cm³/mol. The average Bonchev–Trinajstić information content (AvgIpc) is 3.21. The van der Waals surface area contributed by atoms with Gasteiger partial charge in [-0.3, -0.25) is 15.0 Å². The fraction of sp³-hybridized carbons (Fsp3) is 0.933. The van der Waals surface area contributed by atoms with Crippen molar-refractivity contribution >= 4 is 5.97 Å². The fourth-order valence-corrected chi connectivity index (χ4v) is 3.53.